The standard InChI is InChI=1S/C14H16ClN3O3/c1-2-3-10(7-13(19)20)17-14(21)18-11-5-4-9(8-16)12(15)6-11/h4-6,10H,2-3,7H2,1H3,(H,19,20)(H2,17,18,21). The number of nitrogens with one attached hydrogen (secondary N) is 2. The average Bonchev–Trinajstić information content (AvgIpc) is 2.38. The molecule has 1 atom stereocenters. The Labute approximate surface area is 127 Å². The van der Waals surface area contributed by atoms with E-state index in [2.05, 4.69) is 10.6 Å². The van der Waals surface area contributed by atoms with E-state index in [1.807, 2.05) is 13.0 Å². The fraction of sp³-hybridized carbons (Fsp3) is 0.357. The summed E-state index contributed by atoms with van der Waals surface area (Å²) in [7, 11) is 0. The number of hydrogen-bond donors (Lipinski definition) is 3. The Morgan fingerprint density at radius 1 is 1.48 bits per heavy atom. The minimum Gasteiger partial charge on any atom is -0.481 e. The average molecular weight is 310 g/mol. The van der Waals surface area contributed by atoms with E-state index in [1.165, 1.54) is 12.1 Å². The lowest BCUT2D eigenvalue weighted by Crippen LogP contribution is -2.39. The Balaban J connectivity index is 2.65. The number of carboxylic acid groups (broad SMARTS) is 1. The monoisotopic (exact) mass is 309 g/mol. The van der Waals surface area contributed by atoms with Crippen LogP contribution in [-0.2, 0) is 4.79 Å². The van der Waals surface area contributed by atoms with Crippen molar-refractivity contribution >= 4 is 29.3 Å². The van der Waals surface area contributed by atoms with Gasteiger partial charge >= 0.3 is 12.0 Å². The molecule has 0 saturated heterocycles. The number of aliphatic carboxylic acids is 1. The van der Waals surface area contributed by atoms with Crippen LogP contribution in [0.1, 0.15) is 31.7 Å². The van der Waals surface area contributed by atoms with Gasteiger partial charge in [-0.05, 0) is 24.6 Å². The Morgan fingerprint density at radius 2 is 2.19 bits per heavy atom. The highest BCUT2D eigenvalue weighted by molar-refractivity contribution is 6.32. The molecule has 0 heterocycles. The number of carbonyl (C=O) groups excluding carboxylic acids is 1. The van der Waals surface area contributed by atoms with Crippen LogP contribution >= 0.6 is 11.6 Å². The number of halogens is 1. The summed E-state index contributed by atoms with van der Waals surface area (Å²) >= 11 is 5.87. The summed E-state index contributed by atoms with van der Waals surface area (Å²) < 4.78 is 0. The topological polar surface area (TPSA) is 102 Å². The van der Waals surface area contributed by atoms with Crippen molar-refractivity contribution in [1.82, 2.24) is 5.32 Å². The molecule has 0 spiro atoms. The van der Waals surface area contributed by atoms with Gasteiger partial charge in [0.2, 0.25) is 0 Å². The number of nitrogens with zero attached hydrogens (tertiary/aromatic N) is 1. The molecule has 1 aromatic carbocycles. The molecule has 0 saturated carbocycles. The van der Waals surface area contributed by atoms with Crippen molar-refractivity contribution in [2.75, 3.05) is 5.32 Å². The van der Waals surface area contributed by atoms with Crippen molar-refractivity contribution in [3.05, 3.63) is 28.8 Å². The highest BCUT2D eigenvalue weighted by Gasteiger charge is 2.15. The largest absolute Gasteiger partial charge is 0.481 e. The maximum absolute atomic E-state index is 11.8. The molecule has 0 aromatic heterocycles. The van der Waals surface area contributed by atoms with Crippen LogP contribution in [0.15, 0.2) is 18.2 Å². The van der Waals surface area contributed by atoms with Crippen molar-refractivity contribution in [2.24, 2.45) is 0 Å². The van der Waals surface area contributed by atoms with Crippen LogP contribution in [0.3, 0.4) is 0 Å². The second-order valence-electron chi connectivity index (χ2n) is 4.49. The Morgan fingerprint density at radius 3 is 2.71 bits per heavy atom. The van der Waals surface area contributed by atoms with Gasteiger partial charge in [-0.1, -0.05) is 24.9 Å². The number of amides is 2. The Bertz CT molecular complexity index is 569. The van der Waals surface area contributed by atoms with E-state index in [0.717, 1.165) is 6.42 Å². The molecule has 7 heteroatoms. The highest BCUT2D eigenvalue weighted by Crippen LogP contribution is 2.20. The molecule has 0 radical (unpaired) electrons. The molecule has 21 heavy (non-hydrogen) atoms. The van der Waals surface area contributed by atoms with Crippen LogP contribution < -0.4 is 10.6 Å². The normalized spacial score (nSPS) is 11.3. The zero-order valence-electron chi connectivity index (χ0n) is 11.5. The maximum Gasteiger partial charge on any atom is 0.319 e. The number of rotatable bonds is 6. The maximum atomic E-state index is 11.8. The van der Waals surface area contributed by atoms with Gasteiger partial charge < -0.3 is 15.7 Å². The van der Waals surface area contributed by atoms with Gasteiger partial charge in [0.1, 0.15) is 6.07 Å². The predicted octanol–water partition coefficient (Wildman–Crippen LogP) is 2.98. The number of anilines is 1. The molecule has 0 aliphatic heterocycles. The minimum absolute atomic E-state index is 0.130. The van der Waals surface area contributed by atoms with Crippen molar-refractivity contribution in [3.63, 3.8) is 0 Å². The van der Waals surface area contributed by atoms with Gasteiger partial charge in [-0.15, -0.1) is 0 Å². The predicted molar refractivity (Wildman–Crippen MR) is 79.3 cm³/mol. The number of benzene rings is 1. The molecular weight excluding hydrogens is 294 g/mol. The van der Waals surface area contributed by atoms with Gasteiger partial charge in [0.05, 0.1) is 17.0 Å². The van der Waals surface area contributed by atoms with Crippen molar-refractivity contribution in [3.8, 4) is 6.07 Å². The third kappa shape index (κ3) is 5.71. The lowest BCUT2D eigenvalue weighted by atomic mass is 10.1. The third-order valence-corrected chi connectivity index (χ3v) is 3.05. The van der Waals surface area contributed by atoms with Gasteiger partial charge in [0.25, 0.3) is 0 Å². The van der Waals surface area contributed by atoms with Crippen LogP contribution in [0.4, 0.5) is 10.5 Å². The lowest BCUT2D eigenvalue weighted by Gasteiger charge is -2.16. The molecule has 1 unspecified atom stereocenters. The minimum atomic E-state index is -0.963. The summed E-state index contributed by atoms with van der Waals surface area (Å²) in [4.78, 5) is 22.5. The second kappa shape index (κ2) is 8.12. The van der Waals surface area contributed by atoms with E-state index >= 15 is 0 Å². The van der Waals surface area contributed by atoms with Crippen LogP contribution in [0.2, 0.25) is 5.02 Å². The quantitative estimate of drug-likeness (QED) is 0.751. The fourth-order valence-electron chi connectivity index (χ4n) is 1.82. The Hall–Kier alpha value is -2.26. The molecular formula is C14H16ClN3O3. The summed E-state index contributed by atoms with van der Waals surface area (Å²) in [6.45, 7) is 1.91. The fourth-order valence-corrected chi connectivity index (χ4v) is 2.04. The molecule has 6 nitrogen and oxygen atoms in total. The summed E-state index contributed by atoms with van der Waals surface area (Å²) in [5.74, 6) is -0.963. The number of carboxylic acids is 1. The number of urea groups is 1. The zero-order chi connectivity index (χ0) is 15.8. The molecule has 1 aromatic rings. The number of carbonyl (C=O) groups is 2. The molecule has 0 bridgehead atoms. The van der Waals surface area contributed by atoms with Crippen molar-refractivity contribution in [1.29, 1.82) is 5.26 Å². The van der Waals surface area contributed by atoms with Crippen LogP contribution in [0.5, 0.6) is 0 Å². The first kappa shape index (κ1) is 16.8. The van der Waals surface area contributed by atoms with E-state index in [-0.39, 0.29) is 11.4 Å². The van der Waals surface area contributed by atoms with Gasteiger partial charge in [-0.3, -0.25) is 4.79 Å². The number of hydrogen-bond acceptors (Lipinski definition) is 3. The van der Waals surface area contributed by atoms with E-state index in [1.54, 1.807) is 6.07 Å². The molecule has 3 N–H and O–H groups in total. The van der Waals surface area contributed by atoms with Crippen LogP contribution in [0, 0.1) is 11.3 Å². The molecule has 0 fully saturated rings. The van der Waals surface area contributed by atoms with Crippen LogP contribution in [-0.4, -0.2) is 23.1 Å². The summed E-state index contributed by atoms with van der Waals surface area (Å²) in [6.07, 6.45) is 1.21. The van der Waals surface area contributed by atoms with Gasteiger partial charge in [-0.25, -0.2) is 4.79 Å². The molecule has 1 rings (SSSR count). The second-order valence-corrected chi connectivity index (χ2v) is 4.90. The van der Waals surface area contributed by atoms with Gasteiger partial charge in [0.15, 0.2) is 0 Å². The van der Waals surface area contributed by atoms with E-state index in [0.29, 0.717) is 17.7 Å². The molecule has 0 aliphatic rings. The highest BCUT2D eigenvalue weighted by atomic mass is 35.5. The first-order valence-electron chi connectivity index (χ1n) is 6.45. The van der Waals surface area contributed by atoms with Gasteiger partial charge in [-0.2, -0.15) is 5.26 Å². The zero-order valence-corrected chi connectivity index (χ0v) is 12.3. The molecule has 2 amide bonds. The smallest absolute Gasteiger partial charge is 0.319 e. The van der Waals surface area contributed by atoms with E-state index in [9.17, 15) is 9.59 Å². The first-order chi connectivity index (χ1) is 9.96. The summed E-state index contributed by atoms with van der Waals surface area (Å²) in [6, 6.07) is 5.50. The first-order valence-corrected chi connectivity index (χ1v) is 6.83. The van der Waals surface area contributed by atoms with E-state index < -0.39 is 18.0 Å². The van der Waals surface area contributed by atoms with E-state index in [4.69, 9.17) is 22.0 Å². The lowest BCUT2D eigenvalue weighted by molar-refractivity contribution is -0.137. The third-order valence-electron chi connectivity index (χ3n) is 2.74. The Kier molecular flexibility index (Phi) is 6.50. The molecule has 112 valence electrons. The van der Waals surface area contributed by atoms with Crippen LogP contribution in [0.25, 0.3) is 0 Å². The summed E-state index contributed by atoms with van der Waals surface area (Å²) in [5.41, 5.74) is 0.749. The van der Waals surface area contributed by atoms with Crippen molar-refractivity contribution < 1.29 is 14.7 Å². The summed E-state index contributed by atoms with van der Waals surface area (Å²) in [5, 5.41) is 23.0. The van der Waals surface area contributed by atoms with Gasteiger partial charge in [0, 0.05) is 11.7 Å². The molecule has 0 aliphatic carbocycles. The SMILES string of the molecule is CCCC(CC(=O)O)NC(=O)Nc1ccc(C#N)c(Cl)c1. The number of nitriles is 1. The van der Waals surface area contributed by atoms with Crippen molar-refractivity contribution in [2.45, 2.75) is 32.2 Å².